The van der Waals surface area contributed by atoms with Crippen LogP contribution in [0, 0.1) is 6.92 Å². The molecule has 0 saturated heterocycles. The van der Waals surface area contributed by atoms with Crippen LogP contribution >= 0.6 is 11.3 Å². The molecule has 182 valence electrons. The number of pyridine rings is 1. The van der Waals surface area contributed by atoms with Crippen molar-refractivity contribution >= 4 is 22.4 Å². The van der Waals surface area contributed by atoms with E-state index in [4.69, 9.17) is 9.84 Å². The fourth-order valence-corrected chi connectivity index (χ4v) is 5.06. The highest BCUT2D eigenvalue weighted by molar-refractivity contribution is 7.15. The molecule has 6 aromatic rings. The molecular formula is C28H22N6O2S. The van der Waals surface area contributed by atoms with Crippen LogP contribution in [-0.4, -0.2) is 36.0 Å². The van der Waals surface area contributed by atoms with Crippen LogP contribution in [0.3, 0.4) is 0 Å². The molecule has 0 amide bonds. The van der Waals surface area contributed by atoms with Gasteiger partial charge >= 0.3 is 0 Å². The molecule has 0 aliphatic rings. The Kier molecular flexibility index (Phi) is 5.82. The second kappa shape index (κ2) is 9.44. The Morgan fingerprint density at radius 2 is 1.92 bits per heavy atom. The van der Waals surface area contributed by atoms with Crippen LogP contribution in [0.5, 0.6) is 5.75 Å². The Labute approximate surface area is 216 Å². The number of thiazole rings is 1. The lowest BCUT2D eigenvalue weighted by atomic mass is 10.0. The first-order chi connectivity index (χ1) is 18.1. The maximum absolute atomic E-state index is 13.3. The van der Waals surface area contributed by atoms with Crippen molar-refractivity contribution in [3.63, 3.8) is 0 Å². The number of hydrogen-bond donors (Lipinski definition) is 0. The Bertz CT molecular complexity index is 1820. The fourth-order valence-electron chi connectivity index (χ4n) is 4.17. The number of para-hydroxylation sites is 1. The number of aromatic nitrogens is 6. The maximum atomic E-state index is 13.3. The van der Waals surface area contributed by atoms with E-state index in [1.165, 1.54) is 15.9 Å². The Morgan fingerprint density at radius 1 is 1.05 bits per heavy atom. The quantitative estimate of drug-likeness (QED) is 0.334. The summed E-state index contributed by atoms with van der Waals surface area (Å²) in [7, 11) is 0. The Morgan fingerprint density at radius 3 is 2.65 bits per heavy atom. The van der Waals surface area contributed by atoms with Gasteiger partial charge in [-0.3, -0.25) is 9.78 Å². The highest BCUT2D eigenvalue weighted by Crippen LogP contribution is 2.30. The lowest BCUT2D eigenvalue weighted by Gasteiger charge is -2.08. The molecule has 4 aromatic heterocycles. The number of aryl methyl sites for hydroxylation is 1. The topological polar surface area (TPSA) is 87.2 Å². The van der Waals surface area contributed by atoms with E-state index in [-0.39, 0.29) is 5.56 Å². The molecule has 0 aliphatic heterocycles. The van der Waals surface area contributed by atoms with Gasteiger partial charge in [0.2, 0.25) is 4.96 Å². The Balaban J connectivity index is 1.49. The van der Waals surface area contributed by atoms with Crippen LogP contribution in [0.2, 0.25) is 0 Å². The molecule has 6 rings (SSSR count). The summed E-state index contributed by atoms with van der Waals surface area (Å²) in [5.74, 6) is 1.29. The second-order valence-electron chi connectivity index (χ2n) is 8.41. The first-order valence-corrected chi connectivity index (χ1v) is 12.6. The van der Waals surface area contributed by atoms with E-state index in [2.05, 4.69) is 15.1 Å². The molecule has 0 aliphatic carbocycles. The molecule has 0 bridgehead atoms. The van der Waals surface area contributed by atoms with E-state index >= 15 is 0 Å². The van der Waals surface area contributed by atoms with Crippen molar-refractivity contribution < 1.29 is 4.74 Å². The van der Waals surface area contributed by atoms with Crippen molar-refractivity contribution in [2.45, 2.75) is 13.8 Å². The van der Waals surface area contributed by atoms with E-state index in [1.807, 2.05) is 91.5 Å². The summed E-state index contributed by atoms with van der Waals surface area (Å²) in [6, 6.07) is 19.5. The molecular weight excluding hydrogens is 484 g/mol. The molecule has 0 N–H and O–H groups in total. The van der Waals surface area contributed by atoms with Crippen molar-refractivity contribution in [2.24, 2.45) is 0 Å². The third-order valence-corrected chi connectivity index (χ3v) is 6.87. The van der Waals surface area contributed by atoms with E-state index in [1.54, 1.807) is 12.4 Å². The zero-order valence-electron chi connectivity index (χ0n) is 20.2. The number of benzene rings is 2. The van der Waals surface area contributed by atoms with Crippen molar-refractivity contribution in [2.75, 3.05) is 6.61 Å². The van der Waals surface area contributed by atoms with Gasteiger partial charge in [0.1, 0.15) is 11.4 Å². The van der Waals surface area contributed by atoms with Crippen molar-refractivity contribution in [1.82, 2.24) is 29.4 Å². The maximum Gasteiger partial charge on any atom is 0.291 e. The molecule has 2 aromatic carbocycles. The Hall–Kier alpha value is -4.63. The number of nitrogens with zero attached hydrogens (tertiary/aromatic N) is 6. The fraction of sp³-hybridized carbons (Fsp3) is 0.107. The predicted octanol–water partition coefficient (Wildman–Crippen LogP) is 4.32. The van der Waals surface area contributed by atoms with Gasteiger partial charge in [0.25, 0.3) is 5.56 Å². The summed E-state index contributed by atoms with van der Waals surface area (Å²) in [5, 5.41) is 9.34. The monoisotopic (exact) mass is 506 g/mol. The normalized spacial score (nSPS) is 11.9. The average molecular weight is 507 g/mol. The highest BCUT2D eigenvalue weighted by Gasteiger charge is 2.16. The predicted molar refractivity (Wildman–Crippen MR) is 144 cm³/mol. The minimum absolute atomic E-state index is 0.218. The van der Waals surface area contributed by atoms with E-state index in [0.29, 0.717) is 21.9 Å². The van der Waals surface area contributed by atoms with Gasteiger partial charge < -0.3 is 4.74 Å². The second-order valence-corrected chi connectivity index (χ2v) is 9.42. The molecule has 4 heterocycles. The standard InChI is InChI=1S/C28H22N6O2S/c1-3-36-22-11-12-23(18(2)14-22)25-20(17-33(31-25)21-9-5-4-6-10-21)15-24-27(35)34-28(37-24)30-26(32-34)19-8-7-13-29-16-19/h4-17H,3H2,1-2H3/b24-15-. The summed E-state index contributed by atoms with van der Waals surface area (Å²) < 4.78 is 9.38. The molecule has 9 heteroatoms. The molecule has 0 unspecified atom stereocenters. The first kappa shape index (κ1) is 22.8. The molecule has 0 saturated carbocycles. The molecule has 0 spiro atoms. The lowest BCUT2D eigenvalue weighted by molar-refractivity contribution is 0.340. The molecule has 0 atom stereocenters. The van der Waals surface area contributed by atoms with E-state index in [0.717, 1.165) is 39.4 Å². The van der Waals surface area contributed by atoms with Crippen LogP contribution in [0.1, 0.15) is 18.1 Å². The van der Waals surface area contributed by atoms with Crippen LogP contribution in [0.4, 0.5) is 0 Å². The SMILES string of the molecule is CCOc1ccc(-c2nn(-c3ccccc3)cc2/C=c2\sc3nc(-c4cccnc4)nn3c2=O)c(C)c1. The van der Waals surface area contributed by atoms with Crippen LogP contribution < -0.4 is 14.8 Å². The summed E-state index contributed by atoms with van der Waals surface area (Å²) in [6.07, 6.45) is 7.18. The van der Waals surface area contributed by atoms with Gasteiger partial charge in [-0.1, -0.05) is 29.5 Å². The molecule has 0 radical (unpaired) electrons. The average Bonchev–Trinajstić information content (AvgIpc) is 3.61. The number of rotatable bonds is 6. The minimum atomic E-state index is -0.218. The van der Waals surface area contributed by atoms with E-state index in [9.17, 15) is 4.79 Å². The van der Waals surface area contributed by atoms with Gasteiger partial charge in [0, 0.05) is 35.3 Å². The van der Waals surface area contributed by atoms with Gasteiger partial charge in [-0.05, 0) is 68.0 Å². The highest BCUT2D eigenvalue weighted by atomic mass is 32.1. The molecule has 37 heavy (non-hydrogen) atoms. The summed E-state index contributed by atoms with van der Waals surface area (Å²) >= 11 is 1.30. The first-order valence-electron chi connectivity index (χ1n) is 11.8. The summed E-state index contributed by atoms with van der Waals surface area (Å²) in [5.41, 5.74) is 5.08. The zero-order chi connectivity index (χ0) is 25.4. The van der Waals surface area contributed by atoms with Crippen molar-refractivity contribution in [3.05, 3.63) is 105 Å². The van der Waals surface area contributed by atoms with Gasteiger partial charge in [-0.2, -0.15) is 14.6 Å². The molecule has 0 fully saturated rings. The largest absolute Gasteiger partial charge is 0.494 e. The number of hydrogen-bond acceptors (Lipinski definition) is 7. The van der Waals surface area contributed by atoms with Gasteiger partial charge in [-0.15, -0.1) is 5.10 Å². The van der Waals surface area contributed by atoms with Crippen molar-refractivity contribution in [3.8, 4) is 34.1 Å². The smallest absolute Gasteiger partial charge is 0.291 e. The third-order valence-electron chi connectivity index (χ3n) is 5.92. The van der Waals surface area contributed by atoms with Gasteiger partial charge in [-0.25, -0.2) is 4.68 Å². The van der Waals surface area contributed by atoms with Crippen LogP contribution in [0.15, 0.2) is 84.0 Å². The van der Waals surface area contributed by atoms with Gasteiger partial charge in [0.15, 0.2) is 5.82 Å². The summed E-state index contributed by atoms with van der Waals surface area (Å²) in [6.45, 7) is 4.60. The molecule has 8 nitrogen and oxygen atoms in total. The van der Waals surface area contributed by atoms with Crippen LogP contribution in [-0.2, 0) is 0 Å². The van der Waals surface area contributed by atoms with E-state index < -0.39 is 0 Å². The van der Waals surface area contributed by atoms with Gasteiger partial charge in [0.05, 0.1) is 16.8 Å². The third kappa shape index (κ3) is 4.30. The minimum Gasteiger partial charge on any atom is -0.494 e. The van der Waals surface area contributed by atoms with Crippen molar-refractivity contribution in [1.29, 1.82) is 0 Å². The summed E-state index contributed by atoms with van der Waals surface area (Å²) in [4.78, 5) is 22.5. The zero-order valence-corrected chi connectivity index (χ0v) is 21.0. The number of fused-ring (bicyclic) bond motifs is 1. The number of ether oxygens (including phenoxy) is 1. The van der Waals surface area contributed by atoms with Crippen LogP contribution in [0.25, 0.3) is 39.4 Å². The lowest BCUT2D eigenvalue weighted by Crippen LogP contribution is -2.23.